The molecule has 1 aromatic rings. The smallest absolute Gasteiger partial charge is 0.416 e. The highest BCUT2D eigenvalue weighted by molar-refractivity contribution is 9.09. The minimum atomic E-state index is -4.99. The molecule has 1 saturated carbocycles. The predicted octanol–water partition coefficient (Wildman–Crippen LogP) is 7.11. The third-order valence-corrected chi connectivity index (χ3v) is 6.78. The van der Waals surface area contributed by atoms with Gasteiger partial charge in [0.1, 0.15) is 0 Å². The number of aliphatic imine (C=N–C) groups is 1. The van der Waals surface area contributed by atoms with Crippen molar-refractivity contribution in [1.82, 2.24) is 0 Å². The number of carboxylic acids is 1. The monoisotopic (exact) mass is 515 g/mol. The van der Waals surface area contributed by atoms with Crippen LogP contribution in [0.1, 0.15) is 68.6 Å². The highest BCUT2D eigenvalue weighted by Gasteiger charge is 2.50. The molecule has 0 aliphatic heterocycles. The van der Waals surface area contributed by atoms with Crippen LogP contribution < -0.4 is 0 Å². The van der Waals surface area contributed by atoms with Crippen LogP contribution in [0.3, 0.4) is 0 Å². The molecule has 0 heterocycles. The second kappa shape index (κ2) is 9.92. The molecule has 1 aliphatic rings. The van der Waals surface area contributed by atoms with Gasteiger partial charge < -0.3 is 5.11 Å². The van der Waals surface area contributed by atoms with Crippen molar-refractivity contribution < 1.29 is 36.2 Å². The predicted molar refractivity (Wildman–Crippen MR) is 109 cm³/mol. The number of carbonyl (C=O) groups is 1. The molecule has 0 spiro atoms. The zero-order valence-electron chi connectivity index (χ0n) is 16.9. The topological polar surface area (TPSA) is 49.7 Å². The Labute approximate surface area is 185 Å². The first-order chi connectivity index (χ1) is 14.3. The van der Waals surface area contributed by atoms with E-state index in [1.54, 1.807) is 0 Å². The number of aliphatic carboxylic acids is 1. The summed E-state index contributed by atoms with van der Waals surface area (Å²) in [4.78, 5) is 16.0. The molecule has 174 valence electrons. The van der Waals surface area contributed by atoms with Crippen LogP contribution in [0.25, 0.3) is 0 Å². The molecule has 1 aromatic carbocycles. The first-order valence-corrected chi connectivity index (χ1v) is 11.0. The quantitative estimate of drug-likeness (QED) is 0.239. The van der Waals surface area contributed by atoms with Crippen molar-refractivity contribution in [3.05, 3.63) is 34.9 Å². The number of carboxylic acid groups (broad SMARTS) is 1. The first-order valence-electron chi connectivity index (χ1n) is 10.0. The molecule has 2 atom stereocenters. The fourth-order valence-electron chi connectivity index (χ4n) is 4.06. The standard InChI is InChI=1S/C21H24BrF6NO2/c1-2-6-17(22)19(18(30)31,14-7-4-3-5-8-14)29-12-13-9-15(20(23,24)25)11-16(10-13)21(26,27)28/h9-12,14,17H,2-8H2,1H3,(H,30,31)/b29-12+. The van der Waals surface area contributed by atoms with E-state index in [0.717, 1.165) is 25.5 Å². The number of hydrogen-bond acceptors (Lipinski definition) is 2. The van der Waals surface area contributed by atoms with E-state index in [1.165, 1.54) is 0 Å². The Morgan fingerprint density at radius 3 is 2.03 bits per heavy atom. The summed E-state index contributed by atoms with van der Waals surface area (Å²) in [5.74, 6) is -1.62. The van der Waals surface area contributed by atoms with Gasteiger partial charge in [0.15, 0.2) is 5.54 Å². The van der Waals surface area contributed by atoms with Gasteiger partial charge in [-0.1, -0.05) is 48.5 Å². The van der Waals surface area contributed by atoms with Crippen LogP contribution >= 0.6 is 15.9 Å². The lowest BCUT2D eigenvalue weighted by molar-refractivity contribution is -0.146. The minimum Gasteiger partial charge on any atom is -0.479 e. The van der Waals surface area contributed by atoms with Crippen LogP contribution in [0.4, 0.5) is 26.3 Å². The van der Waals surface area contributed by atoms with Crippen molar-refractivity contribution in [1.29, 1.82) is 0 Å². The molecule has 31 heavy (non-hydrogen) atoms. The number of rotatable bonds is 7. The molecular formula is C21H24BrF6NO2. The molecule has 0 amide bonds. The van der Waals surface area contributed by atoms with Gasteiger partial charge >= 0.3 is 18.3 Å². The molecular weight excluding hydrogens is 492 g/mol. The average molecular weight is 516 g/mol. The van der Waals surface area contributed by atoms with E-state index < -0.39 is 45.4 Å². The Morgan fingerprint density at radius 1 is 1.10 bits per heavy atom. The summed E-state index contributed by atoms with van der Waals surface area (Å²) in [6, 6.07) is 1.14. The Hall–Kier alpha value is -1.58. The number of halogens is 7. The molecule has 0 bridgehead atoms. The lowest BCUT2D eigenvalue weighted by Crippen LogP contribution is -2.52. The van der Waals surface area contributed by atoms with E-state index in [0.29, 0.717) is 37.8 Å². The van der Waals surface area contributed by atoms with Gasteiger partial charge in [0.05, 0.1) is 16.0 Å². The van der Waals surface area contributed by atoms with Crippen LogP contribution in [0.2, 0.25) is 0 Å². The Balaban J connectivity index is 2.60. The second-order valence-corrected chi connectivity index (χ2v) is 8.92. The van der Waals surface area contributed by atoms with Gasteiger partial charge in [0.2, 0.25) is 0 Å². The first kappa shape index (κ1) is 25.7. The number of benzene rings is 1. The van der Waals surface area contributed by atoms with E-state index in [-0.39, 0.29) is 12.0 Å². The maximum absolute atomic E-state index is 13.1. The Morgan fingerprint density at radius 2 is 1.61 bits per heavy atom. The van der Waals surface area contributed by atoms with Gasteiger partial charge in [-0.15, -0.1) is 0 Å². The third kappa shape index (κ3) is 6.02. The van der Waals surface area contributed by atoms with Gasteiger partial charge in [-0.05, 0) is 48.9 Å². The molecule has 0 saturated heterocycles. The van der Waals surface area contributed by atoms with Crippen LogP contribution in [-0.2, 0) is 17.1 Å². The summed E-state index contributed by atoms with van der Waals surface area (Å²) in [5, 5.41) is 10.1. The lowest BCUT2D eigenvalue weighted by atomic mass is 9.72. The third-order valence-electron chi connectivity index (χ3n) is 5.63. The average Bonchev–Trinajstić information content (AvgIpc) is 2.67. The Bertz CT molecular complexity index is 770. The molecule has 0 radical (unpaired) electrons. The van der Waals surface area contributed by atoms with Crippen LogP contribution in [0, 0.1) is 5.92 Å². The van der Waals surface area contributed by atoms with Crippen molar-refractivity contribution in [2.45, 2.75) is 74.6 Å². The van der Waals surface area contributed by atoms with E-state index in [2.05, 4.69) is 20.9 Å². The van der Waals surface area contributed by atoms with Crippen LogP contribution in [0.15, 0.2) is 23.2 Å². The Kier molecular flexibility index (Phi) is 8.21. The van der Waals surface area contributed by atoms with E-state index in [9.17, 15) is 36.2 Å². The molecule has 10 heteroatoms. The summed E-state index contributed by atoms with van der Waals surface area (Å²) < 4.78 is 78.9. The molecule has 0 aromatic heterocycles. The van der Waals surface area contributed by atoms with Crippen molar-refractivity contribution >= 4 is 28.1 Å². The fourth-order valence-corrected chi connectivity index (χ4v) is 5.20. The number of alkyl halides is 7. The zero-order chi connectivity index (χ0) is 23.4. The summed E-state index contributed by atoms with van der Waals surface area (Å²) in [7, 11) is 0. The molecule has 1 N–H and O–H groups in total. The highest BCUT2D eigenvalue weighted by Crippen LogP contribution is 2.42. The van der Waals surface area contributed by atoms with E-state index in [4.69, 9.17) is 0 Å². The minimum absolute atomic E-state index is 0.0350. The van der Waals surface area contributed by atoms with Crippen LogP contribution in [0.5, 0.6) is 0 Å². The SMILES string of the molecule is CCCC(Br)C(/N=C/c1cc(C(F)(F)F)cc(C(F)(F)F)c1)(C(=O)O)C1CCCCC1. The molecule has 1 fully saturated rings. The number of nitrogens with zero attached hydrogens (tertiary/aromatic N) is 1. The summed E-state index contributed by atoms with van der Waals surface area (Å²) >= 11 is 3.41. The van der Waals surface area contributed by atoms with Crippen molar-refractivity contribution in [2.24, 2.45) is 10.9 Å². The van der Waals surface area contributed by atoms with Gasteiger partial charge in [0.25, 0.3) is 0 Å². The van der Waals surface area contributed by atoms with Crippen LogP contribution in [-0.4, -0.2) is 27.7 Å². The maximum Gasteiger partial charge on any atom is 0.416 e. The molecule has 3 nitrogen and oxygen atoms in total. The van der Waals surface area contributed by atoms with Crippen molar-refractivity contribution in [2.75, 3.05) is 0 Å². The largest absolute Gasteiger partial charge is 0.479 e. The van der Waals surface area contributed by atoms with E-state index >= 15 is 0 Å². The lowest BCUT2D eigenvalue weighted by Gasteiger charge is -2.39. The summed E-state index contributed by atoms with van der Waals surface area (Å²) in [5.41, 5.74) is -5.05. The summed E-state index contributed by atoms with van der Waals surface area (Å²) in [6.07, 6.45) is -4.38. The maximum atomic E-state index is 13.1. The molecule has 1 aliphatic carbocycles. The normalized spacial score (nSPS) is 19.4. The van der Waals surface area contributed by atoms with Gasteiger partial charge in [-0.25, -0.2) is 4.79 Å². The fraction of sp³-hybridized carbons (Fsp3) is 0.619. The molecule has 2 unspecified atom stereocenters. The van der Waals surface area contributed by atoms with Crippen molar-refractivity contribution in [3.8, 4) is 0 Å². The zero-order valence-corrected chi connectivity index (χ0v) is 18.4. The van der Waals surface area contributed by atoms with Crippen molar-refractivity contribution in [3.63, 3.8) is 0 Å². The second-order valence-electron chi connectivity index (χ2n) is 7.82. The van der Waals surface area contributed by atoms with Gasteiger partial charge in [-0.2, -0.15) is 26.3 Å². The van der Waals surface area contributed by atoms with E-state index in [1.807, 2.05) is 6.92 Å². The highest BCUT2D eigenvalue weighted by atomic mass is 79.9. The molecule has 2 rings (SSSR count). The number of hydrogen-bond donors (Lipinski definition) is 1. The van der Waals surface area contributed by atoms with Gasteiger partial charge in [0, 0.05) is 6.21 Å². The summed E-state index contributed by atoms with van der Waals surface area (Å²) in [6.45, 7) is 1.86. The van der Waals surface area contributed by atoms with Gasteiger partial charge in [-0.3, -0.25) is 4.99 Å².